The molecule has 1 atom stereocenters. The maximum Gasteiger partial charge on any atom is 0.246 e. The van der Waals surface area contributed by atoms with Gasteiger partial charge >= 0.3 is 0 Å². The van der Waals surface area contributed by atoms with Crippen LogP contribution < -0.4 is 16.0 Å². The van der Waals surface area contributed by atoms with Crippen LogP contribution in [0.15, 0.2) is 48.5 Å². The number of rotatable bonds is 6. The number of hydrogen-bond acceptors (Lipinski definition) is 3. The summed E-state index contributed by atoms with van der Waals surface area (Å²) in [5, 5.41) is 9.37. The molecule has 2 aromatic rings. The molecule has 0 unspecified atom stereocenters. The van der Waals surface area contributed by atoms with Crippen molar-refractivity contribution in [1.82, 2.24) is 5.32 Å². The van der Waals surface area contributed by atoms with Crippen LogP contribution in [-0.4, -0.2) is 17.9 Å². The fourth-order valence-corrected chi connectivity index (χ4v) is 2.28. The minimum Gasteiger partial charge on any atom is -0.379 e. The van der Waals surface area contributed by atoms with Crippen LogP contribution in [0.3, 0.4) is 0 Å². The largest absolute Gasteiger partial charge is 0.379 e. The smallest absolute Gasteiger partial charge is 0.246 e. The van der Waals surface area contributed by atoms with Gasteiger partial charge in [-0.25, -0.2) is 0 Å². The van der Waals surface area contributed by atoms with Crippen LogP contribution in [0.4, 0.5) is 11.4 Å². The van der Waals surface area contributed by atoms with E-state index in [0.717, 1.165) is 11.3 Å². The highest BCUT2D eigenvalue weighted by molar-refractivity contribution is 6.30. The molecular weight excluding hydrogens is 326 g/mol. The minimum atomic E-state index is -0.605. The molecule has 0 radical (unpaired) electrons. The predicted octanol–water partition coefficient (Wildman–Crippen LogP) is 3.42. The minimum absolute atomic E-state index is 0.244. The Hall–Kier alpha value is -2.53. The Kier molecular flexibility index (Phi) is 6.21. The maximum absolute atomic E-state index is 12.1. The Morgan fingerprint density at radius 1 is 1.04 bits per heavy atom. The molecule has 0 fully saturated rings. The predicted molar refractivity (Wildman–Crippen MR) is 97.1 cm³/mol. The number of anilines is 2. The van der Waals surface area contributed by atoms with Gasteiger partial charge < -0.3 is 16.0 Å². The highest BCUT2D eigenvalue weighted by atomic mass is 35.5. The lowest BCUT2D eigenvalue weighted by atomic mass is 10.2. The zero-order chi connectivity index (χ0) is 17.5. The Morgan fingerprint density at radius 3 is 2.29 bits per heavy atom. The second-order valence-electron chi connectivity index (χ2n) is 5.44. The van der Waals surface area contributed by atoms with E-state index >= 15 is 0 Å². The van der Waals surface area contributed by atoms with Crippen LogP contribution in [-0.2, 0) is 16.1 Å². The zero-order valence-electron chi connectivity index (χ0n) is 13.6. The molecule has 2 aromatic carbocycles. The lowest BCUT2D eigenvalue weighted by molar-refractivity contribution is -0.124. The van der Waals surface area contributed by atoms with Crippen LogP contribution in [0.1, 0.15) is 19.4 Å². The number of halogens is 1. The number of benzene rings is 2. The molecular formula is C18H20ClN3O2. The zero-order valence-corrected chi connectivity index (χ0v) is 14.4. The molecule has 3 N–H and O–H groups in total. The summed E-state index contributed by atoms with van der Waals surface area (Å²) in [5.74, 6) is -0.516. The van der Waals surface area contributed by atoms with Crippen molar-refractivity contribution >= 4 is 34.8 Å². The van der Waals surface area contributed by atoms with Crippen LogP contribution in [0.2, 0.25) is 5.02 Å². The summed E-state index contributed by atoms with van der Waals surface area (Å²) in [5.41, 5.74) is 2.54. The van der Waals surface area contributed by atoms with Crippen LogP contribution in [0.25, 0.3) is 0 Å². The lowest BCUT2D eigenvalue weighted by Gasteiger charge is -2.16. The van der Waals surface area contributed by atoms with Crippen molar-refractivity contribution in [2.45, 2.75) is 26.4 Å². The first-order chi connectivity index (χ1) is 11.5. The number of nitrogens with one attached hydrogen (secondary N) is 3. The Balaban J connectivity index is 2.02. The lowest BCUT2D eigenvalue weighted by Crippen LogP contribution is -2.40. The van der Waals surface area contributed by atoms with E-state index in [9.17, 15) is 9.59 Å². The molecule has 0 bridgehead atoms. The molecule has 2 amide bonds. The summed E-state index contributed by atoms with van der Waals surface area (Å²) >= 11 is 5.88. The van der Waals surface area contributed by atoms with Crippen molar-refractivity contribution in [2.24, 2.45) is 0 Å². The molecule has 24 heavy (non-hydrogen) atoms. The first kappa shape index (κ1) is 17.8. The van der Waals surface area contributed by atoms with Gasteiger partial charge in [0.25, 0.3) is 0 Å². The maximum atomic E-state index is 12.1. The molecule has 2 rings (SSSR count). The molecule has 5 nitrogen and oxygen atoms in total. The molecule has 0 aliphatic rings. The van der Waals surface area contributed by atoms with Gasteiger partial charge in [-0.1, -0.05) is 35.9 Å². The summed E-state index contributed by atoms with van der Waals surface area (Å²) in [6.07, 6.45) is 0. The van der Waals surface area contributed by atoms with Gasteiger partial charge in [-0.2, -0.15) is 0 Å². The van der Waals surface area contributed by atoms with Gasteiger partial charge in [0.1, 0.15) is 6.04 Å². The molecule has 0 aliphatic carbocycles. The highest BCUT2D eigenvalue weighted by Crippen LogP contribution is 2.22. The highest BCUT2D eigenvalue weighted by Gasteiger charge is 2.15. The van der Waals surface area contributed by atoms with Crippen molar-refractivity contribution < 1.29 is 9.59 Å². The SMILES string of the molecule is CC(=O)N[C@H](C)C(=O)Nc1ccccc1NCc1ccc(Cl)cc1. The van der Waals surface area contributed by atoms with Crippen molar-refractivity contribution in [3.63, 3.8) is 0 Å². The van der Waals surface area contributed by atoms with Crippen LogP contribution in [0, 0.1) is 0 Å². The van der Waals surface area contributed by atoms with Gasteiger partial charge in [-0.15, -0.1) is 0 Å². The normalized spacial score (nSPS) is 11.5. The fourth-order valence-electron chi connectivity index (χ4n) is 2.16. The molecule has 0 aliphatic heterocycles. The number of para-hydroxylation sites is 2. The van der Waals surface area contributed by atoms with Gasteiger partial charge in [-0.05, 0) is 36.8 Å². The third-order valence-corrected chi connectivity index (χ3v) is 3.65. The van der Waals surface area contributed by atoms with Gasteiger partial charge in [0.15, 0.2) is 0 Å². The Bertz CT molecular complexity index is 716. The van der Waals surface area contributed by atoms with E-state index in [1.54, 1.807) is 6.92 Å². The third-order valence-electron chi connectivity index (χ3n) is 3.39. The first-order valence-electron chi connectivity index (χ1n) is 7.61. The van der Waals surface area contributed by atoms with Gasteiger partial charge in [0, 0.05) is 18.5 Å². The van der Waals surface area contributed by atoms with Gasteiger partial charge in [0.05, 0.1) is 11.4 Å². The molecule has 0 spiro atoms. The Morgan fingerprint density at radius 2 is 1.67 bits per heavy atom. The molecule has 0 saturated heterocycles. The van der Waals surface area contributed by atoms with E-state index in [-0.39, 0.29) is 11.8 Å². The van der Waals surface area contributed by atoms with E-state index in [0.29, 0.717) is 17.3 Å². The standard InChI is InChI=1S/C18H20ClN3O2/c1-12(21-13(2)23)18(24)22-17-6-4-3-5-16(17)20-11-14-7-9-15(19)10-8-14/h3-10,12,20H,11H2,1-2H3,(H,21,23)(H,22,24)/t12-/m1/s1. The average Bonchev–Trinajstić information content (AvgIpc) is 2.55. The molecule has 126 valence electrons. The molecule has 6 heteroatoms. The van der Waals surface area contributed by atoms with Crippen molar-refractivity contribution in [3.8, 4) is 0 Å². The van der Waals surface area contributed by atoms with Gasteiger partial charge in [-0.3, -0.25) is 9.59 Å². The van der Waals surface area contributed by atoms with E-state index in [2.05, 4.69) is 16.0 Å². The topological polar surface area (TPSA) is 70.2 Å². The van der Waals surface area contributed by atoms with Gasteiger partial charge in [0.2, 0.25) is 11.8 Å². The van der Waals surface area contributed by atoms with Crippen LogP contribution >= 0.6 is 11.6 Å². The average molecular weight is 346 g/mol. The summed E-state index contributed by atoms with van der Waals surface area (Å²) in [6, 6.07) is 14.4. The monoisotopic (exact) mass is 345 g/mol. The quantitative estimate of drug-likeness (QED) is 0.751. The van der Waals surface area contributed by atoms with Crippen molar-refractivity contribution in [3.05, 3.63) is 59.1 Å². The van der Waals surface area contributed by atoms with Crippen molar-refractivity contribution in [2.75, 3.05) is 10.6 Å². The van der Waals surface area contributed by atoms with Crippen LogP contribution in [0.5, 0.6) is 0 Å². The summed E-state index contributed by atoms with van der Waals surface area (Å²) < 4.78 is 0. The van der Waals surface area contributed by atoms with E-state index in [1.807, 2.05) is 48.5 Å². The van der Waals surface area contributed by atoms with E-state index < -0.39 is 6.04 Å². The number of carbonyl (C=O) groups is 2. The molecule has 0 aromatic heterocycles. The second kappa shape index (κ2) is 8.36. The van der Waals surface area contributed by atoms with Crippen molar-refractivity contribution in [1.29, 1.82) is 0 Å². The number of hydrogen-bond donors (Lipinski definition) is 3. The second-order valence-corrected chi connectivity index (χ2v) is 5.87. The first-order valence-corrected chi connectivity index (χ1v) is 7.99. The summed E-state index contributed by atoms with van der Waals surface area (Å²) in [4.78, 5) is 23.2. The summed E-state index contributed by atoms with van der Waals surface area (Å²) in [6.45, 7) is 3.62. The summed E-state index contributed by atoms with van der Waals surface area (Å²) in [7, 11) is 0. The molecule has 0 saturated carbocycles. The fraction of sp³-hybridized carbons (Fsp3) is 0.222. The Labute approximate surface area is 146 Å². The van der Waals surface area contributed by atoms with E-state index in [1.165, 1.54) is 6.92 Å². The third kappa shape index (κ3) is 5.28. The molecule has 0 heterocycles. The number of carbonyl (C=O) groups excluding carboxylic acids is 2. The number of amides is 2. The van der Waals surface area contributed by atoms with E-state index in [4.69, 9.17) is 11.6 Å².